The van der Waals surface area contributed by atoms with Crippen molar-refractivity contribution in [3.63, 3.8) is 0 Å². The molecule has 1 aliphatic heterocycles. The van der Waals surface area contributed by atoms with E-state index < -0.39 is 0 Å². The molecule has 5 nitrogen and oxygen atoms in total. The number of carbonyl (C=O) groups is 2. The van der Waals surface area contributed by atoms with Crippen LogP contribution in [-0.2, 0) is 9.59 Å². The van der Waals surface area contributed by atoms with Gasteiger partial charge in [-0.2, -0.15) is 0 Å². The molecule has 1 aromatic carbocycles. The van der Waals surface area contributed by atoms with Gasteiger partial charge >= 0.3 is 0 Å². The largest absolute Gasteiger partial charge is 0.352 e. The van der Waals surface area contributed by atoms with Crippen molar-refractivity contribution in [2.75, 3.05) is 19.6 Å². The third-order valence-electron chi connectivity index (χ3n) is 4.85. The van der Waals surface area contributed by atoms with E-state index in [1.54, 1.807) is 0 Å². The SMILES string of the molecule is CC(=O)NC(CC(=O)NC(C)CN1CC(C)CC(C)C1)c1ccccc1. The lowest BCUT2D eigenvalue weighted by Crippen LogP contribution is -2.47. The average molecular weight is 360 g/mol. The molecule has 2 N–H and O–H groups in total. The Morgan fingerprint density at radius 1 is 1.12 bits per heavy atom. The van der Waals surface area contributed by atoms with Gasteiger partial charge in [0.2, 0.25) is 11.8 Å². The van der Waals surface area contributed by atoms with Crippen molar-refractivity contribution in [2.45, 2.75) is 52.6 Å². The lowest BCUT2D eigenvalue weighted by molar-refractivity contribution is -0.123. The summed E-state index contributed by atoms with van der Waals surface area (Å²) in [6.07, 6.45) is 1.54. The van der Waals surface area contributed by atoms with E-state index in [1.807, 2.05) is 30.3 Å². The van der Waals surface area contributed by atoms with E-state index in [2.05, 4.69) is 36.3 Å². The van der Waals surface area contributed by atoms with Crippen LogP contribution in [-0.4, -0.2) is 42.4 Å². The summed E-state index contributed by atoms with van der Waals surface area (Å²) >= 11 is 0. The van der Waals surface area contributed by atoms with Gasteiger partial charge in [-0.1, -0.05) is 44.2 Å². The summed E-state index contributed by atoms with van der Waals surface area (Å²) in [4.78, 5) is 26.5. The molecule has 1 fully saturated rings. The lowest BCUT2D eigenvalue weighted by Gasteiger charge is -2.36. The van der Waals surface area contributed by atoms with E-state index in [1.165, 1.54) is 13.3 Å². The van der Waals surface area contributed by atoms with Gasteiger partial charge in [0.15, 0.2) is 0 Å². The molecule has 26 heavy (non-hydrogen) atoms. The van der Waals surface area contributed by atoms with Crippen molar-refractivity contribution >= 4 is 11.8 Å². The predicted octanol–water partition coefficient (Wildman–Crippen LogP) is 2.74. The zero-order valence-electron chi connectivity index (χ0n) is 16.5. The molecule has 4 atom stereocenters. The van der Waals surface area contributed by atoms with Gasteiger partial charge in [0.25, 0.3) is 0 Å². The summed E-state index contributed by atoms with van der Waals surface area (Å²) in [7, 11) is 0. The van der Waals surface area contributed by atoms with Crippen LogP contribution in [0.1, 0.15) is 52.1 Å². The summed E-state index contributed by atoms with van der Waals surface area (Å²) in [5, 5.41) is 5.98. The first-order valence-corrected chi connectivity index (χ1v) is 9.67. The highest BCUT2D eigenvalue weighted by molar-refractivity contribution is 5.79. The topological polar surface area (TPSA) is 61.4 Å². The summed E-state index contributed by atoms with van der Waals surface area (Å²) in [5.41, 5.74) is 0.948. The molecule has 1 heterocycles. The van der Waals surface area contributed by atoms with Crippen LogP contribution in [0.3, 0.4) is 0 Å². The molecule has 0 aliphatic carbocycles. The molecule has 1 aliphatic rings. The molecule has 1 aromatic rings. The smallest absolute Gasteiger partial charge is 0.222 e. The van der Waals surface area contributed by atoms with Crippen LogP contribution in [0.2, 0.25) is 0 Å². The summed E-state index contributed by atoms with van der Waals surface area (Å²) in [6, 6.07) is 9.44. The van der Waals surface area contributed by atoms with E-state index >= 15 is 0 Å². The molecule has 4 unspecified atom stereocenters. The maximum Gasteiger partial charge on any atom is 0.222 e. The first-order valence-electron chi connectivity index (χ1n) is 9.67. The highest BCUT2D eigenvalue weighted by atomic mass is 16.2. The number of likely N-dealkylation sites (tertiary alicyclic amines) is 1. The Morgan fingerprint density at radius 3 is 2.31 bits per heavy atom. The predicted molar refractivity (Wildman–Crippen MR) is 105 cm³/mol. The van der Waals surface area contributed by atoms with Crippen LogP contribution in [0.4, 0.5) is 0 Å². The number of nitrogens with zero attached hydrogens (tertiary/aromatic N) is 1. The molecule has 2 rings (SSSR count). The van der Waals surface area contributed by atoms with Crippen LogP contribution >= 0.6 is 0 Å². The van der Waals surface area contributed by atoms with Crippen molar-refractivity contribution in [3.05, 3.63) is 35.9 Å². The van der Waals surface area contributed by atoms with E-state index in [0.29, 0.717) is 11.8 Å². The van der Waals surface area contributed by atoms with Crippen LogP contribution in [0.15, 0.2) is 30.3 Å². The van der Waals surface area contributed by atoms with Crippen LogP contribution in [0.5, 0.6) is 0 Å². The molecule has 0 saturated carbocycles. The first-order chi connectivity index (χ1) is 12.3. The molecular formula is C21H33N3O2. The minimum absolute atomic E-state index is 0.0294. The van der Waals surface area contributed by atoms with E-state index in [9.17, 15) is 9.59 Å². The van der Waals surface area contributed by atoms with Gasteiger partial charge in [0.1, 0.15) is 0 Å². The number of amides is 2. The van der Waals surface area contributed by atoms with Gasteiger partial charge in [-0.15, -0.1) is 0 Å². The second-order valence-corrected chi connectivity index (χ2v) is 8.00. The number of rotatable bonds is 7. The second-order valence-electron chi connectivity index (χ2n) is 8.00. The van der Waals surface area contributed by atoms with Gasteiger partial charge in [0, 0.05) is 32.6 Å². The third kappa shape index (κ3) is 6.79. The zero-order valence-corrected chi connectivity index (χ0v) is 16.5. The summed E-state index contributed by atoms with van der Waals surface area (Å²) in [5.74, 6) is 1.27. The number of carbonyl (C=O) groups excluding carboxylic acids is 2. The third-order valence-corrected chi connectivity index (χ3v) is 4.85. The van der Waals surface area contributed by atoms with Crippen LogP contribution in [0.25, 0.3) is 0 Å². The van der Waals surface area contributed by atoms with Crippen molar-refractivity contribution in [1.29, 1.82) is 0 Å². The summed E-state index contributed by atoms with van der Waals surface area (Å²) in [6.45, 7) is 11.2. The molecule has 0 bridgehead atoms. The molecule has 0 radical (unpaired) electrons. The zero-order chi connectivity index (χ0) is 19.1. The highest BCUT2D eigenvalue weighted by Gasteiger charge is 2.24. The minimum atomic E-state index is -0.295. The number of nitrogens with one attached hydrogen (secondary N) is 2. The minimum Gasteiger partial charge on any atom is -0.352 e. The molecule has 2 amide bonds. The number of benzene rings is 1. The lowest BCUT2D eigenvalue weighted by atomic mass is 9.92. The fraction of sp³-hybridized carbons (Fsp3) is 0.619. The van der Waals surface area contributed by atoms with Crippen molar-refractivity contribution in [1.82, 2.24) is 15.5 Å². The Kier molecular flexibility index (Phi) is 7.64. The van der Waals surface area contributed by atoms with Crippen LogP contribution in [0, 0.1) is 11.8 Å². The monoisotopic (exact) mass is 359 g/mol. The van der Waals surface area contributed by atoms with Crippen LogP contribution < -0.4 is 10.6 Å². The van der Waals surface area contributed by atoms with Crippen molar-refractivity contribution in [3.8, 4) is 0 Å². The molecule has 144 valence electrons. The van der Waals surface area contributed by atoms with Gasteiger partial charge in [-0.05, 0) is 30.7 Å². The second kappa shape index (κ2) is 9.72. The van der Waals surface area contributed by atoms with Gasteiger partial charge in [-0.25, -0.2) is 0 Å². The standard InChI is InChI=1S/C21H33N3O2/c1-15-10-16(2)13-24(12-15)14-17(3)22-21(26)11-20(23-18(4)25)19-8-6-5-7-9-19/h5-9,15-17,20H,10-14H2,1-4H3,(H,22,26)(H,23,25). The summed E-state index contributed by atoms with van der Waals surface area (Å²) < 4.78 is 0. The Labute approximate surface area is 157 Å². The fourth-order valence-corrected chi connectivity index (χ4v) is 4.08. The fourth-order valence-electron chi connectivity index (χ4n) is 4.08. The van der Waals surface area contributed by atoms with Gasteiger partial charge < -0.3 is 15.5 Å². The van der Waals surface area contributed by atoms with E-state index in [-0.39, 0.29) is 30.3 Å². The Bertz CT molecular complexity index is 580. The van der Waals surface area contributed by atoms with Crippen molar-refractivity contribution in [2.24, 2.45) is 11.8 Å². The first kappa shape index (κ1) is 20.4. The number of hydrogen-bond donors (Lipinski definition) is 2. The molecule has 0 spiro atoms. The normalized spacial score (nSPS) is 23.1. The Morgan fingerprint density at radius 2 is 1.73 bits per heavy atom. The van der Waals surface area contributed by atoms with E-state index in [4.69, 9.17) is 0 Å². The molecule has 5 heteroatoms. The number of hydrogen-bond acceptors (Lipinski definition) is 3. The number of piperidine rings is 1. The molecule has 1 saturated heterocycles. The Balaban J connectivity index is 1.87. The quantitative estimate of drug-likeness (QED) is 0.787. The van der Waals surface area contributed by atoms with E-state index in [0.717, 1.165) is 25.2 Å². The average Bonchev–Trinajstić information content (AvgIpc) is 2.53. The molecular weight excluding hydrogens is 326 g/mol. The highest BCUT2D eigenvalue weighted by Crippen LogP contribution is 2.21. The van der Waals surface area contributed by atoms with Crippen molar-refractivity contribution < 1.29 is 9.59 Å². The maximum atomic E-state index is 12.5. The van der Waals surface area contributed by atoms with Gasteiger partial charge in [-0.3, -0.25) is 9.59 Å². The molecule has 0 aromatic heterocycles. The Hall–Kier alpha value is -1.88. The van der Waals surface area contributed by atoms with Gasteiger partial charge in [0.05, 0.1) is 12.5 Å². The maximum absolute atomic E-state index is 12.5.